The van der Waals surface area contributed by atoms with E-state index in [0.717, 1.165) is 17.0 Å². The summed E-state index contributed by atoms with van der Waals surface area (Å²) < 4.78 is 0. The molecule has 1 amide bonds. The number of rotatable bonds is 4. The number of carbonyl (C=O) groups excluding carboxylic acids is 1. The molecule has 106 valence electrons. The van der Waals surface area contributed by atoms with Gasteiger partial charge in [-0.2, -0.15) is 0 Å². The van der Waals surface area contributed by atoms with Crippen molar-refractivity contribution in [2.24, 2.45) is 5.84 Å². The number of hydrogen-bond donors (Lipinski definition) is 2. The van der Waals surface area contributed by atoms with E-state index in [1.807, 2.05) is 11.4 Å². The van der Waals surface area contributed by atoms with E-state index in [1.165, 1.54) is 49.9 Å². The Bertz CT molecular complexity index is 411. The highest BCUT2D eigenvalue weighted by Crippen LogP contribution is 2.24. The van der Waals surface area contributed by atoms with Crippen LogP contribution in [-0.4, -0.2) is 23.9 Å². The summed E-state index contributed by atoms with van der Waals surface area (Å²) in [6.07, 6.45) is 7.94. The predicted molar refractivity (Wildman–Crippen MR) is 78.9 cm³/mol. The largest absolute Gasteiger partial charge is 0.299 e. The first kappa shape index (κ1) is 14.5. The van der Waals surface area contributed by atoms with E-state index in [2.05, 4.69) is 17.4 Å². The van der Waals surface area contributed by atoms with E-state index in [4.69, 9.17) is 5.84 Å². The number of carbonyl (C=O) groups is 1. The number of nitrogens with one attached hydrogen (secondary N) is 1. The molecule has 1 heterocycles. The molecule has 2 rings (SSSR count). The van der Waals surface area contributed by atoms with E-state index < -0.39 is 0 Å². The number of thiophene rings is 1. The summed E-state index contributed by atoms with van der Waals surface area (Å²) in [5, 5.41) is 1.96. The predicted octanol–water partition coefficient (Wildman–Crippen LogP) is 2.51. The highest BCUT2D eigenvalue weighted by atomic mass is 32.1. The van der Waals surface area contributed by atoms with E-state index in [9.17, 15) is 4.79 Å². The quantitative estimate of drug-likeness (QED) is 0.386. The molecule has 0 unspecified atom stereocenters. The summed E-state index contributed by atoms with van der Waals surface area (Å²) in [4.78, 5) is 14.8. The lowest BCUT2D eigenvalue weighted by molar-refractivity contribution is 0.0955. The highest BCUT2D eigenvalue weighted by molar-refractivity contribution is 7.12. The van der Waals surface area contributed by atoms with Crippen LogP contribution in [0.15, 0.2) is 11.4 Å². The first-order chi connectivity index (χ1) is 9.22. The number of nitrogen functional groups attached to an aromatic ring is 1. The van der Waals surface area contributed by atoms with Crippen LogP contribution in [-0.2, 0) is 6.54 Å². The van der Waals surface area contributed by atoms with Gasteiger partial charge in [-0.05, 0) is 36.9 Å². The number of hydrazine groups is 1. The maximum Gasteiger partial charge on any atom is 0.275 e. The molecule has 1 saturated carbocycles. The van der Waals surface area contributed by atoms with Gasteiger partial charge in [-0.25, -0.2) is 5.84 Å². The number of hydrogen-bond acceptors (Lipinski definition) is 4. The van der Waals surface area contributed by atoms with Gasteiger partial charge in [0, 0.05) is 12.6 Å². The smallest absolute Gasteiger partial charge is 0.275 e. The van der Waals surface area contributed by atoms with Gasteiger partial charge in [0.1, 0.15) is 0 Å². The van der Waals surface area contributed by atoms with Crippen LogP contribution in [0.5, 0.6) is 0 Å². The first-order valence-electron chi connectivity index (χ1n) is 7.00. The van der Waals surface area contributed by atoms with Crippen molar-refractivity contribution >= 4 is 17.2 Å². The molecule has 1 aromatic heterocycles. The van der Waals surface area contributed by atoms with E-state index in [-0.39, 0.29) is 5.91 Å². The van der Waals surface area contributed by atoms with Crippen molar-refractivity contribution in [1.29, 1.82) is 0 Å². The summed E-state index contributed by atoms with van der Waals surface area (Å²) in [6, 6.07) is 2.68. The lowest BCUT2D eigenvalue weighted by Crippen LogP contribution is -2.33. The van der Waals surface area contributed by atoms with Gasteiger partial charge in [0.25, 0.3) is 5.91 Å². The Balaban J connectivity index is 1.99. The zero-order chi connectivity index (χ0) is 13.7. The summed E-state index contributed by atoms with van der Waals surface area (Å²) in [7, 11) is 2.16. The van der Waals surface area contributed by atoms with Gasteiger partial charge in [-0.15, -0.1) is 11.3 Å². The van der Waals surface area contributed by atoms with Crippen LogP contribution in [0.25, 0.3) is 0 Å². The van der Waals surface area contributed by atoms with Crippen LogP contribution in [0.3, 0.4) is 0 Å². The van der Waals surface area contributed by atoms with Gasteiger partial charge < -0.3 is 0 Å². The number of nitrogens with two attached hydrogens (primary N) is 1. The Morgan fingerprint density at radius 1 is 1.42 bits per heavy atom. The molecule has 0 aromatic carbocycles. The minimum absolute atomic E-state index is 0.181. The number of amides is 1. The van der Waals surface area contributed by atoms with Crippen molar-refractivity contribution in [3.05, 3.63) is 21.9 Å². The second kappa shape index (κ2) is 7.03. The van der Waals surface area contributed by atoms with Gasteiger partial charge in [0.2, 0.25) is 0 Å². The maximum atomic E-state index is 11.7. The molecule has 0 bridgehead atoms. The van der Waals surface area contributed by atoms with Gasteiger partial charge in [-0.1, -0.05) is 25.7 Å². The Labute approximate surface area is 118 Å². The average molecular weight is 281 g/mol. The van der Waals surface area contributed by atoms with Gasteiger partial charge in [-0.3, -0.25) is 15.1 Å². The zero-order valence-electron chi connectivity index (χ0n) is 11.5. The van der Waals surface area contributed by atoms with Crippen LogP contribution >= 0.6 is 11.3 Å². The second-order valence-corrected chi connectivity index (χ2v) is 6.23. The molecule has 0 aliphatic heterocycles. The molecule has 4 nitrogen and oxygen atoms in total. The maximum absolute atomic E-state index is 11.7. The fourth-order valence-corrected chi connectivity index (χ4v) is 3.64. The lowest BCUT2D eigenvalue weighted by Gasteiger charge is -2.27. The Kier molecular flexibility index (Phi) is 5.36. The minimum Gasteiger partial charge on any atom is -0.299 e. The van der Waals surface area contributed by atoms with Crippen molar-refractivity contribution in [2.45, 2.75) is 51.1 Å². The van der Waals surface area contributed by atoms with Crippen LogP contribution < -0.4 is 11.3 Å². The molecule has 1 aliphatic rings. The highest BCUT2D eigenvalue weighted by Gasteiger charge is 2.19. The van der Waals surface area contributed by atoms with Crippen LogP contribution in [0.2, 0.25) is 0 Å². The molecule has 1 aromatic rings. The average Bonchev–Trinajstić information content (AvgIpc) is 2.71. The Morgan fingerprint density at radius 2 is 2.11 bits per heavy atom. The van der Waals surface area contributed by atoms with E-state index in [1.54, 1.807) is 0 Å². The van der Waals surface area contributed by atoms with E-state index in [0.29, 0.717) is 6.04 Å². The first-order valence-corrected chi connectivity index (χ1v) is 7.88. The third-order valence-corrected chi connectivity index (χ3v) is 4.91. The Hall–Kier alpha value is -0.910. The van der Waals surface area contributed by atoms with Gasteiger partial charge in [0.15, 0.2) is 0 Å². The molecule has 1 aliphatic carbocycles. The monoisotopic (exact) mass is 281 g/mol. The lowest BCUT2D eigenvalue weighted by atomic mass is 10.1. The van der Waals surface area contributed by atoms with Crippen molar-refractivity contribution in [3.8, 4) is 0 Å². The summed E-state index contributed by atoms with van der Waals surface area (Å²) >= 11 is 1.46. The van der Waals surface area contributed by atoms with Gasteiger partial charge in [0.05, 0.1) is 4.88 Å². The number of nitrogens with zero attached hydrogens (tertiary/aromatic N) is 1. The summed E-state index contributed by atoms with van der Waals surface area (Å²) in [5.74, 6) is 5.04. The van der Waals surface area contributed by atoms with Crippen molar-refractivity contribution in [2.75, 3.05) is 7.05 Å². The molecular formula is C14H23N3OS. The summed E-state index contributed by atoms with van der Waals surface area (Å²) in [6.45, 7) is 0.830. The fraction of sp³-hybridized carbons (Fsp3) is 0.643. The second-order valence-electron chi connectivity index (χ2n) is 5.31. The molecular weight excluding hydrogens is 258 g/mol. The topological polar surface area (TPSA) is 58.4 Å². The van der Waals surface area contributed by atoms with Gasteiger partial charge >= 0.3 is 0 Å². The van der Waals surface area contributed by atoms with Crippen molar-refractivity contribution in [3.63, 3.8) is 0 Å². The molecule has 0 saturated heterocycles. The molecule has 0 atom stereocenters. The normalized spacial score (nSPS) is 17.4. The molecule has 3 N–H and O–H groups in total. The SMILES string of the molecule is CN(Cc1ccsc1C(=O)NN)C1CCCCCC1. The fourth-order valence-electron chi connectivity index (χ4n) is 2.82. The zero-order valence-corrected chi connectivity index (χ0v) is 12.3. The third-order valence-electron chi connectivity index (χ3n) is 3.95. The van der Waals surface area contributed by atoms with E-state index >= 15 is 0 Å². The summed E-state index contributed by atoms with van der Waals surface area (Å²) in [5.41, 5.74) is 3.31. The van der Waals surface area contributed by atoms with Crippen LogP contribution in [0, 0.1) is 0 Å². The minimum atomic E-state index is -0.181. The molecule has 1 fully saturated rings. The molecule has 19 heavy (non-hydrogen) atoms. The standard InChI is InChI=1S/C14H23N3OS/c1-17(12-6-4-2-3-5-7-12)10-11-8-9-19-13(11)14(18)16-15/h8-9,12H,2-7,10,15H2,1H3,(H,16,18). The van der Waals surface area contributed by atoms with Crippen molar-refractivity contribution < 1.29 is 4.79 Å². The molecule has 5 heteroatoms. The third kappa shape index (κ3) is 3.78. The Morgan fingerprint density at radius 3 is 2.74 bits per heavy atom. The van der Waals surface area contributed by atoms with Crippen molar-refractivity contribution in [1.82, 2.24) is 10.3 Å². The van der Waals surface area contributed by atoms with Crippen LogP contribution in [0.1, 0.15) is 53.8 Å². The molecule has 0 radical (unpaired) electrons. The van der Waals surface area contributed by atoms with Crippen LogP contribution in [0.4, 0.5) is 0 Å². The molecule has 0 spiro atoms.